The highest BCUT2D eigenvalue weighted by Crippen LogP contribution is 2.29. The summed E-state index contributed by atoms with van der Waals surface area (Å²) in [6, 6.07) is 0. The fourth-order valence-corrected chi connectivity index (χ4v) is 1.96. The molecule has 0 aromatic carbocycles. The standard InChI is InChI=1S/C6H8O4S/c1-4-5-6(2,3)10-11(7,8)9-5/h1,5H,2-3H3. The van der Waals surface area contributed by atoms with Crippen molar-refractivity contribution in [2.75, 3.05) is 0 Å². The van der Waals surface area contributed by atoms with Gasteiger partial charge in [-0.05, 0) is 13.8 Å². The molecule has 1 aliphatic rings. The normalized spacial score (nSPS) is 33.0. The molecule has 0 amide bonds. The molecule has 0 aliphatic carbocycles. The van der Waals surface area contributed by atoms with Crippen LogP contribution in [0.3, 0.4) is 0 Å². The first-order chi connectivity index (χ1) is 4.87. The summed E-state index contributed by atoms with van der Waals surface area (Å²) in [6.45, 7) is 3.12. The molecule has 0 N–H and O–H groups in total. The quantitative estimate of drug-likeness (QED) is 0.490. The van der Waals surface area contributed by atoms with Gasteiger partial charge < -0.3 is 0 Å². The van der Waals surface area contributed by atoms with E-state index in [0.717, 1.165) is 0 Å². The van der Waals surface area contributed by atoms with Crippen molar-refractivity contribution in [3.05, 3.63) is 0 Å². The van der Waals surface area contributed by atoms with Crippen LogP contribution in [-0.4, -0.2) is 20.1 Å². The zero-order chi connectivity index (χ0) is 8.70. The van der Waals surface area contributed by atoms with Crippen molar-refractivity contribution in [1.82, 2.24) is 0 Å². The number of hydrogen-bond donors (Lipinski definition) is 0. The first kappa shape index (κ1) is 8.53. The van der Waals surface area contributed by atoms with E-state index in [9.17, 15) is 8.42 Å². The summed E-state index contributed by atoms with van der Waals surface area (Å²) in [5, 5.41) is 0. The zero-order valence-corrected chi connectivity index (χ0v) is 7.01. The van der Waals surface area contributed by atoms with Crippen LogP contribution in [0, 0.1) is 12.3 Å². The molecule has 1 rings (SSSR count). The van der Waals surface area contributed by atoms with Gasteiger partial charge in [0.25, 0.3) is 0 Å². The van der Waals surface area contributed by atoms with Crippen molar-refractivity contribution in [3.8, 4) is 12.3 Å². The van der Waals surface area contributed by atoms with Gasteiger partial charge in [0.2, 0.25) is 0 Å². The van der Waals surface area contributed by atoms with Gasteiger partial charge in [0.05, 0.1) is 0 Å². The van der Waals surface area contributed by atoms with E-state index in [4.69, 9.17) is 6.42 Å². The maximum Gasteiger partial charge on any atom is 0.401 e. The van der Waals surface area contributed by atoms with Gasteiger partial charge in [-0.1, -0.05) is 5.92 Å². The molecule has 0 spiro atoms. The van der Waals surface area contributed by atoms with Crippen molar-refractivity contribution >= 4 is 10.4 Å². The van der Waals surface area contributed by atoms with Crippen molar-refractivity contribution in [2.45, 2.75) is 25.6 Å². The molecule has 1 atom stereocenters. The maximum atomic E-state index is 10.7. The van der Waals surface area contributed by atoms with Crippen LogP contribution < -0.4 is 0 Å². The first-order valence-electron chi connectivity index (χ1n) is 2.97. The van der Waals surface area contributed by atoms with Gasteiger partial charge in [-0.25, -0.2) is 8.37 Å². The van der Waals surface area contributed by atoms with Gasteiger partial charge in [-0.15, -0.1) is 6.42 Å². The summed E-state index contributed by atoms with van der Waals surface area (Å²) >= 11 is 0. The van der Waals surface area contributed by atoms with Crippen LogP contribution in [0.1, 0.15) is 13.8 Å². The molecule has 0 bridgehead atoms. The second-order valence-electron chi connectivity index (χ2n) is 2.74. The highest BCUT2D eigenvalue weighted by atomic mass is 32.3. The number of rotatable bonds is 0. The van der Waals surface area contributed by atoms with Gasteiger partial charge >= 0.3 is 10.4 Å². The van der Waals surface area contributed by atoms with Gasteiger partial charge in [0.15, 0.2) is 6.10 Å². The SMILES string of the molecule is C#CC1OS(=O)(=O)OC1(C)C. The fraction of sp³-hybridized carbons (Fsp3) is 0.667. The molecule has 62 valence electrons. The Morgan fingerprint density at radius 1 is 1.55 bits per heavy atom. The Hall–Kier alpha value is -0.570. The van der Waals surface area contributed by atoms with E-state index in [-0.39, 0.29) is 0 Å². The molecule has 1 aliphatic heterocycles. The minimum Gasteiger partial charge on any atom is -0.238 e. The highest BCUT2D eigenvalue weighted by Gasteiger charge is 2.45. The van der Waals surface area contributed by atoms with Gasteiger partial charge in [0, 0.05) is 0 Å². The summed E-state index contributed by atoms with van der Waals surface area (Å²) in [7, 11) is -3.86. The Balaban J connectivity index is 3.00. The first-order valence-corrected chi connectivity index (χ1v) is 4.31. The Morgan fingerprint density at radius 2 is 2.09 bits per heavy atom. The van der Waals surface area contributed by atoms with Gasteiger partial charge in [0.1, 0.15) is 5.60 Å². The zero-order valence-electron chi connectivity index (χ0n) is 6.20. The van der Waals surface area contributed by atoms with E-state index in [2.05, 4.69) is 14.3 Å². The summed E-state index contributed by atoms with van der Waals surface area (Å²) in [6.07, 6.45) is 4.18. The lowest BCUT2D eigenvalue weighted by Crippen LogP contribution is -2.31. The molecular formula is C6H8O4S. The second-order valence-corrected chi connectivity index (χ2v) is 3.91. The van der Waals surface area contributed by atoms with Gasteiger partial charge in [-0.3, -0.25) is 0 Å². The average molecular weight is 176 g/mol. The van der Waals surface area contributed by atoms with E-state index in [0.29, 0.717) is 0 Å². The minimum absolute atomic E-state index is 0.826. The predicted octanol–water partition coefficient (Wildman–Crippen LogP) is 0.0584. The molecular weight excluding hydrogens is 168 g/mol. The molecule has 1 saturated heterocycles. The monoisotopic (exact) mass is 176 g/mol. The molecule has 0 aromatic rings. The van der Waals surface area contributed by atoms with E-state index in [1.165, 1.54) is 0 Å². The van der Waals surface area contributed by atoms with E-state index >= 15 is 0 Å². The van der Waals surface area contributed by atoms with Crippen molar-refractivity contribution < 1.29 is 16.8 Å². The topological polar surface area (TPSA) is 52.6 Å². The molecule has 11 heavy (non-hydrogen) atoms. The lowest BCUT2D eigenvalue weighted by Gasteiger charge is -2.15. The van der Waals surface area contributed by atoms with Crippen LogP contribution >= 0.6 is 0 Å². The van der Waals surface area contributed by atoms with Crippen molar-refractivity contribution in [1.29, 1.82) is 0 Å². The smallest absolute Gasteiger partial charge is 0.238 e. The Bertz CT molecular complexity index is 295. The molecule has 1 unspecified atom stereocenters. The van der Waals surface area contributed by atoms with E-state index < -0.39 is 22.1 Å². The molecule has 5 heteroatoms. The molecule has 1 heterocycles. The molecule has 4 nitrogen and oxygen atoms in total. The van der Waals surface area contributed by atoms with E-state index in [1.54, 1.807) is 13.8 Å². The third-order valence-electron chi connectivity index (χ3n) is 1.31. The van der Waals surface area contributed by atoms with Crippen LogP contribution in [0.5, 0.6) is 0 Å². The van der Waals surface area contributed by atoms with Crippen LogP contribution in [0.15, 0.2) is 0 Å². The summed E-state index contributed by atoms with van der Waals surface area (Å²) in [5.74, 6) is 2.18. The third kappa shape index (κ3) is 1.53. The Labute approximate surface area is 65.8 Å². The van der Waals surface area contributed by atoms with Crippen molar-refractivity contribution in [3.63, 3.8) is 0 Å². The predicted molar refractivity (Wildman–Crippen MR) is 37.8 cm³/mol. The van der Waals surface area contributed by atoms with Crippen molar-refractivity contribution in [2.24, 2.45) is 0 Å². The molecule has 0 radical (unpaired) electrons. The second kappa shape index (κ2) is 2.21. The minimum atomic E-state index is -3.86. The van der Waals surface area contributed by atoms with Crippen LogP contribution in [0.2, 0.25) is 0 Å². The highest BCUT2D eigenvalue weighted by molar-refractivity contribution is 7.82. The Kier molecular flexibility index (Phi) is 1.71. The number of terminal acetylenes is 1. The summed E-state index contributed by atoms with van der Waals surface area (Å²) < 4.78 is 30.3. The maximum absolute atomic E-state index is 10.7. The lowest BCUT2D eigenvalue weighted by molar-refractivity contribution is 0.106. The third-order valence-corrected chi connectivity index (χ3v) is 2.38. The number of hydrogen-bond acceptors (Lipinski definition) is 4. The summed E-state index contributed by atoms with van der Waals surface area (Å²) in [4.78, 5) is 0. The van der Waals surface area contributed by atoms with Gasteiger partial charge in [-0.2, -0.15) is 8.42 Å². The van der Waals surface area contributed by atoms with Crippen LogP contribution in [0.4, 0.5) is 0 Å². The lowest BCUT2D eigenvalue weighted by atomic mass is 10.0. The largest absolute Gasteiger partial charge is 0.401 e. The fourth-order valence-electron chi connectivity index (χ4n) is 0.789. The average Bonchev–Trinajstić information content (AvgIpc) is 1.99. The summed E-state index contributed by atoms with van der Waals surface area (Å²) in [5.41, 5.74) is -0.951. The van der Waals surface area contributed by atoms with Crippen LogP contribution in [-0.2, 0) is 18.8 Å². The Morgan fingerprint density at radius 3 is 2.27 bits per heavy atom. The molecule has 0 saturated carbocycles. The molecule has 1 fully saturated rings. The van der Waals surface area contributed by atoms with Crippen LogP contribution in [0.25, 0.3) is 0 Å². The van der Waals surface area contributed by atoms with E-state index in [1.807, 2.05) is 0 Å². The molecule has 0 aromatic heterocycles.